The molecule has 4 nitrogen and oxygen atoms in total. The van der Waals surface area contributed by atoms with E-state index in [4.69, 9.17) is 4.74 Å². The summed E-state index contributed by atoms with van der Waals surface area (Å²) in [7, 11) is 1.65. The van der Waals surface area contributed by atoms with Crippen LogP contribution in [0.15, 0.2) is 33.5 Å². The second kappa shape index (κ2) is 4.97. The summed E-state index contributed by atoms with van der Waals surface area (Å²) < 4.78 is 6.66. The van der Waals surface area contributed by atoms with E-state index in [1.807, 2.05) is 24.3 Å². The van der Waals surface area contributed by atoms with Crippen molar-refractivity contribution in [3.8, 4) is 5.75 Å². The Hall–Kier alpha value is -0.880. The third-order valence-corrected chi connectivity index (χ3v) is 3.68. The van der Waals surface area contributed by atoms with Crippen LogP contribution in [0.2, 0.25) is 0 Å². The molecule has 16 heavy (non-hydrogen) atoms. The molecule has 2 rings (SSSR count). The molecule has 0 spiro atoms. The number of ether oxygens (including phenoxy) is 1. The van der Waals surface area contributed by atoms with E-state index >= 15 is 0 Å². The van der Waals surface area contributed by atoms with Gasteiger partial charge in [-0.05, 0) is 37.9 Å². The minimum atomic E-state index is 0.578. The zero-order chi connectivity index (χ0) is 11.5. The van der Waals surface area contributed by atoms with Crippen molar-refractivity contribution in [2.75, 3.05) is 7.11 Å². The van der Waals surface area contributed by atoms with Crippen LogP contribution in [0.4, 0.5) is 0 Å². The summed E-state index contributed by atoms with van der Waals surface area (Å²) in [5.74, 6) is 0.840. The van der Waals surface area contributed by atoms with E-state index in [1.165, 1.54) is 0 Å². The predicted octanol–water partition coefficient (Wildman–Crippen LogP) is 2.86. The molecular formula is C10H9Br2N3O. The van der Waals surface area contributed by atoms with Gasteiger partial charge in [0, 0.05) is 5.56 Å². The molecule has 0 fully saturated rings. The van der Waals surface area contributed by atoms with Crippen molar-refractivity contribution in [3.63, 3.8) is 0 Å². The van der Waals surface area contributed by atoms with Crippen LogP contribution in [-0.4, -0.2) is 22.1 Å². The van der Waals surface area contributed by atoms with Crippen LogP contribution < -0.4 is 4.74 Å². The average Bonchev–Trinajstić information content (AvgIpc) is 2.59. The molecule has 6 heteroatoms. The van der Waals surface area contributed by atoms with Gasteiger partial charge in [0.25, 0.3) is 0 Å². The van der Waals surface area contributed by atoms with Crippen LogP contribution in [-0.2, 0) is 6.54 Å². The zero-order valence-corrected chi connectivity index (χ0v) is 11.7. The lowest BCUT2D eigenvalue weighted by atomic mass is 10.2. The Balaban J connectivity index is 2.26. The maximum absolute atomic E-state index is 5.26. The predicted molar refractivity (Wildman–Crippen MR) is 67.5 cm³/mol. The number of hydrogen-bond acceptors (Lipinski definition) is 3. The molecule has 0 saturated heterocycles. The highest BCUT2D eigenvalue weighted by atomic mass is 79.9. The summed E-state index contributed by atoms with van der Waals surface area (Å²) in [5.41, 5.74) is 1.04. The Morgan fingerprint density at radius 3 is 2.44 bits per heavy atom. The molecule has 0 amide bonds. The van der Waals surface area contributed by atoms with Crippen LogP contribution in [0.25, 0.3) is 0 Å². The van der Waals surface area contributed by atoms with Gasteiger partial charge in [-0.3, -0.25) is 0 Å². The fourth-order valence-corrected chi connectivity index (χ4v) is 1.89. The van der Waals surface area contributed by atoms with E-state index in [1.54, 1.807) is 11.9 Å². The Morgan fingerprint density at radius 1 is 1.19 bits per heavy atom. The molecule has 0 radical (unpaired) electrons. The molecule has 0 N–H and O–H groups in total. The summed E-state index contributed by atoms with van der Waals surface area (Å²) in [6, 6.07) is 7.81. The van der Waals surface area contributed by atoms with E-state index in [9.17, 15) is 0 Å². The quantitative estimate of drug-likeness (QED) is 0.857. The summed E-state index contributed by atoms with van der Waals surface area (Å²) in [5, 5.41) is 8.40. The number of para-hydroxylation sites is 1. The van der Waals surface area contributed by atoms with Crippen molar-refractivity contribution < 1.29 is 4.74 Å². The highest BCUT2D eigenvalue weighted by Gasteiger charge is 2.07. The standard InChI is InChI=1S/C10H9Br2N3O/c1-16-8-5-3-2-4-7(8)6-15-13-9(11)10(12)14-15/h2-5H,6H2,1H3. The van der Waals surface area contributed by atoms with Gasteiger partial charge in [-0.2, -0.15) is 4.80 Å². The lowest BCUT2D eigenvalue weighted by Gasteiger charge is -2.06. The zero-order valence-electron chi connectivity index (χ0n) is 8.52. The van der Waals surface area contributed by atoms with Crippen LogP contribution in [0.1, 0.15) is 5.56 Å². The molecule has 0 unspecified atom stereocenters. The molecule has 0 saturated carbocycles. The number of hydrogen-bond donors (Lipinski definition) is 0. The van der Waals surface area contributed by atoms with Crippen molar-refractivity contribution in [1.82, 2.24) is 15.0 Å². The minimum absolute atomic E-state index is 0.578. The van der Waals surface area contributed by atoms with Crippen molar-refractivity contribution in [2.24, 2.45) is 0 Å². The molecule has 0 bridgehead atoms. The summed E-state index contributed by atoms with van der Waals surface area (Å²) in [4.78, 5) is 1.60. The normalized spacial score (nSPS) is 10.4. The third kappa shape index (κ3) is 2.44. The second-order valence-corrected chi connectivity index (χ2v) is 4.63. The molecule has 0 aliphatic rings. The summed E-state index contributed by atoms with van der Waals surface area (Å²) in [6.45, 7) is 0.578. The van der Waals surface area contributed by atoms with Crippen LogP contribution in [0.5, 0.6) is 5.75 Å². The van der Waals surface area contributed by atoms with E-state index in [-0.39, 0.29) is 0 Å². The van der Waals surface area contributed by atoms with Gasteiger partial charge in [0.05, 0.1) is 13.7 Å². The molecule has 0 atom stereocenters. The number of methoxy groups -OCH3 is 1. The Labute approximate surface area is 110 Å². The number of nitrogens with zero attached hydrogens (tertiary/aromatic N) is 3. The monoisotopic (exact) mass is 345 g/mol. The lowest BCUT2D eigenvalue weighted by molar-refractivity contribution is 0.405. The van der Waals surface area contributed by atoms with Gasteiger partial charge in [-0.15, -0.1) is 10.2 Å². The number of rotatable bonds is 3. The van der Waals surface area contributed by atoms with E-state index in [0.717, 1.165) is 11.3 Å². The van der Waals surface area contributed by atoms with E-state index in [2.05, 4.69) is 42.1 Å². The molecule has 1 aromatic carbocycles. The topological polar surface area (TPSA) is 39.9 Å². The van der Waals surface area contributed by atoms with Crippen molar-refractivity contribution in [3.05, 3.63) is 39.0 Å². The maximum Gasteiger partial charge on any atom is 0.162 e. The van der Waals surface area contributed by atoms with Crippen LogP contribution >= 0.6 is 31.9 Å². The van der Waals surface area contributed by atoms with Crippen molar-refractivity contribution in [2.45, 2.75) is 6.54 Å². The van der Waals surface area contributed by atoms with Gasteiger partial charge in [-0.1, -0.05) is 18.2 Å². The highest BCUT2D eigenvalue weighted by molar-refractivity contribution is 9.13. The third-order valence-electron chi connectivity index (χ3n) is 2.08. The van der Waals surface area contributed by atoms with E-state index < -0.39 is 0 Å². The lowest BCUT2D eigenvalue weighted by Crippen LogP contribution is -2.05. The summed E-state index contributed by atoms with van der Waals surface area (Å²) in [6.07, 6.45) is 0. The molecule has 1 heterocycles. The number of benzene rings is 1. The Morgan fingerprint density at radius 2 is 1.81 bits per heavy atom. The fraction of sp³-hybridized carbons (Fsp3) is 0.200. The highest BCUT2D eigenvalue weighted by Crippen LogP contribution is 2.20. The van der Waals surface area contributed by atoms with Gasteiger partial charge in [0.15, 0.2) is 9.21 Å². The van der Waals surface area contributed by atoms with E-state index in [0.29, 0.717) is 15.8 Å². The summed E-state index contributed by atoms with van der Waals surface area (Å²) >= 11 is 6.58. The van der Waals surface area contributed by atoms with Crippen LogP contribution in [0.3, 0.4) is 0 Å². The maximum atomic E-state index is 5.26. The van der Waals surface area contributed by atoms with Gasteiger partial charge in [-0.25, -0.2) is 0 Å². The smallest absolute Gasteiger partial charge is 0.162 e. The second-order valence-electron chi connectivity index (χ2n) is 3.12. The molecule has 0 aliphatic carbocycles. The van der Waals surface area contributed by atoms with Crippen molar-refractivity contribution in [1.29, 1.82) is 0 Å². The minimum Gasteiger partial charge on any atom is -0.496 e. The Kier molecular flexibility index (Phi) is 3.60. The largest absolute Gasteiger partial charge is 0.496 e. The Bertz CT molecular complexity index is 479. The first kappa shape index (κ1) is 11.6. The first-order chi connectivity index (χ1) is 7.70. The first-order valence-corrected chi connectivity index (χ1v) is 6.17. The number of halogens is 2. The van der Waals surface area contributed by atoms with Gasteiger partial charge < -0.3 is 4.74 Å². The first-order valence-electron chi connectivity index (χ1n) is 4.58. The molecule has 0 aliphatic heterocycles. The van der Waals surface area contributed by atoms with Crippen molar-refractivity contribution >= 4 is 31.9 Å². The average molecular weight is 347 g/mol. The van der Waals surface area contributed by atoms with Gasteiger partial charge in [0.2, 0.25) is 0 Å². The fourth-order valence-electron chi connectivity index (χ4n) is 1.36. The van der Waals surface area contributed by atoms with Crippen LogP contribution in [0, 0.1) is 0 Å². The molecule has 1 aromatic heterocycles. The molecule has 84 valence electrons. The molecular weight excluding hydrogens is 338 g/mol. The number of aromatic nitrogens is 3. The van der Waals surface area contributed by atoms with Gasteiger partial charge in [0.1, 0.15) is 5.75 Å². The SMILES string of the molecule is COc1ccccc1Cn1nc(Br)c(Br)n1. The van der Waals surface area contributed by atoms with Gasteiger partial charge >= 0.3 is 0 Å². The molecule has 2 aromatic rings.